The quantitative estimate of drug-likeness (QED) is 0.538. The van der Waals surface area contributed by atoms with Gasteiger partial charge in [0.05, 0.1) is 5.92 Å². The molecule has 0 saturated carbocycles. The summed E-state index contributed by atoms with van der Waals surface area (Å²) < 4.78 is 12.1. The van der Waals surface area contributed by atoms with Crippen LogP contribution in [0.5, 0.6) is 0 Å². The summed E-state index contributed by atoms with van der Waals surface area (Å²) in [4.78, 5) is 12.9. The van der Waals surface area contributed by atoms with E-state index in [0.29, 0.717) is 9.76 Å². The van der Waals surface area contributed by atoms with Crippen LogP contribution in [0, 0.1) is 5.92 Å². The Balaban J connectivity index is 5.54. The molecule has 0 N–H and O–H groups in total. The van der Waals surface area contributed by atoms with Gasteiger partial charge in [0.1, 0.15) is 0 Å². The van der Waals surface area contributed by atoms with Gasteiger partial charge in [-0.05, 0) is 35.0 Å². The third-order valence-corrected chi connectivity index (χ3v) is 12.8. The summed E-state index contributed by atoms with van der Waals surface area (Å²) >= 11 is 0. The Morgan fingerprint density at radius 3 is 1.54 bits per heavy atom. The SMILES string of the molecule is CC(C)O[Si]CC(C)C(=O)O[Si](C(C)(C)C)(C(C)(C)C)C(C)(C)C. The van der Waals surface area contributed by atoms with E-state index in [1.807, 2.05) is 20.8 Å². The van der Waals surface area contributed by atoms with E-state index in [4.69, 9.17) is 8.85 Å². The zero-order valence-corrected chi connectivity index (χ0v) is 20.1. The molecular formula is C19H40O3Si2. The molecule has 0 rings (SSSR count). The van der Waals surface area contributed by atoms with E-state index < -0.39 is 8.32 Å². The van der Waals surface area contributed by atoms with E-state index in [2.05, 4.69) is 62.3 Å². The first kappa shape index (κ1) is 23.9. The predicted octanol–water partition coefficient (Wildman–Crippen LogP) is 5.97. The lowest BCUT2D eigenvalue weighted by atomic mass is 10.2. The molecule has 142 valence electrons. The monoisotopic (exact) mass is 372 g/mol. The van der Waals surface area contributed by atoms with E-state index in [1.54, 1.807) is 0 Å². The van der Waals surface area contributed by atoms with Gasteiger partial charge in [0.25, 0.3) is 14.3 Å². The van der Waals surface area contributed by atoms with Gasteiger partial charge in [-0.15, -0.1) is 0 Å². The van der Waals surface area contributed by atoms with Gasteiger partial charge >= 0.3 is 0 Å². The Labute approximate surface area is 154 Å². The molecule has 0 aromatic heterocycles. The summed E-state index contributed by atoms with van der Waals surface area (Å²) in [6.45, 7) is 26.1. The molecular weight excluding hydrogens is 332 g/mol. The minimum atomic E-state index is -2.47. The van der Waals surface area contributed by atoms with Crippen molar-refractivity contribution in [2.45, 2.75) is 110 Å². The minimum absolute atomic E-state index is 0.0460. The fraction of sp³-hybridized carbons (Fsp3) is 0.947. The smallest absolute Gasteiger partial charge is 0.295 e. The molecule has 0 fully saturated rings. The van der Waals surface area contributed by atoms with Crippen LogP contribution in [0.1, 0.15) is 83.1 Å². The highest BCUT2D eigenvalue weighted by atomic mass is 28.4. The zero-order valence-electron chi connectivity index (χ0n) is 18.1. The first-order valence-electron chi connectivity index (χ1n) is 9.08. The molecule has 3 nitrogen and oxygen atoms in total. The standard InChI is InChI=1S/C19H40O3Si2/c1-14(2)21-23-13-15(3)16(20)22-24(17(4,5)6,18(7,8)9)19(10,11)12/h14-15H,13H2,1-12H3. The van der Waals surface area contributed by atoms with Crippen LogP contribution in [-0.2, 0) is 13.6 Å². The highest BCUT2D eigenvalue weighted by Crippen LogP contribution is 2.62. The second kappa shape index (κ2) is 8.04. The molecule has 0 saturated heterocycles. The number of carbonyl (C=O) groups excluding carboxylic acids is 1. The molecule has 1 unspecified atom stereocenters. The van der Waals surface area contributed by atoms with Gasteiger partial charge in [-0.2, -0.15) is 0 Å². The summed E-state index contributed by atoms with van der Waals surface area (Å²) in [5.74, 6) is -0.178. The van der Waals surface area contributed by atoms with Crippen molar-refractivity contribution in [1.29, 1.82) is 0 Å². The molecule has 2 radical (unpaired) electrons. The Hall–Kier alpha value is -0.136. The maximum Gasteiger partial charge on any atom is 0.295 e. The van der Waals surface area contributed by atoms with E-state index >= 15 is 0 Å². The summed E-state index contributed by atoms with van der Waals surface area (Å²) in [6.07, 6.45) is 0.207. The number of hydrogen-bond acceptors (Lipinski definition) is 3. The molecule has 24 heavy (non-hydrogen) atoms. The zero-order chi connectivity index (χ0) is 19.6. The van der Waals surface area contributed by atoms with Crippen molar-refractivity contribution in [1.82, 2.24) is 0 Å². The van der Waals surface area contributed by atoms with Crippen molar-refractivity contribution in [2.75, 3.05) is 0 Å². The van der Waals surface area contributed by atoms with Crippen LogP contribution < -0.4 is 0 Å². The second-order valence-electron chi connectivity index (χ2n) is 10.3. The Kier molecular flexibility index (Phi) is 8.00. The average Bonchev–Trinajstić information content (AvgIpc) is 2.29. The van der Waals surface area contributed by atoms with Gasteiger partial charge in [0, 0.05) is 6.10 Å². The van der Waals surface area contributed by atoms with Crippen molar-refractivity contribution in [2.24, 2.45) is 5.92 Å². The maximum absolute atomic E-state index is 12.9. The highest BCUT2D eigenvalue weighted by molar-refractivity contribution is 6.83. The van der Waals surface area contributed by atoms with Crippen LogP contribution in [-0.4, -0.2) is 30.2 Å². The fourth-order valence-electron chi connectivity index (χ4n) is 4.51. The summed E-state index contributed by atoms with van der Waals surface area (Å²) in [7, 11) is -2.13. The topological polar surface area (TPSA) is 35.5 Å². The first-order chi connectivity index (χ1) is 10.5. The van der Waals surface area contributed by atoms with Crippen LogP contribution in [0.3, 0.4) is 0 Å². The highest BCUT2D eigenvalue weighted by Gasteiger charge is 2.64. The van der Waals surface area contributed by atoms with Crippen LogP contribution in [0.4, 0.5) is 0 Å². The number of carbonyl (C=O) groups is 1. The van der Waals surface area contributed by atoms with Crippen LogP contribution in [0.2, 0.25) is 21.2 Å². The largest absolute Gasteiger partial charge is 0.517 e. The van der Waals surface area contributed by atoms with E-state index in [-0.39, 0.29) is 33.1 Å². The molecule has 0 aliphatic rings. The Morgan fingerprint density at radius 1 is 0.875 bits per heavy atom. The lowest BCUT2D eigenvalue weighted by Crippen LogP contribution is -2.62. The van der Waals surface area contributed by atoms with Gasteiger partial charge in [-0.3, -0.25) is 4.79 Å². The lowest BCUT2D eigenvalue weighted by molar-refractivity contribution is -0.139. The van der Waals surface area contributed by atoms with Gasteiger partial charge in [-0.1, -0.05) is 69.2 Å². The van der Waals surface area contributed by atoms with Crippen molar-refractivity contribution >= 4 is 24.0 Å². The summed E-state index contributed by atoms with van der Waals surface area (Å²) in [5, 5.41) is -0.138. The molecule has 0 aromatic carbocycles. The molecule has 5 heteroatoms. The van der Waals surface area contributed by atoms with E-state index in [9.17, 15) is 4.79 Å². The van der Waals surface area contributed by atoms with Crippen molar-refractivity contribution < 1.29 is 13.6 Å². The van der Waals surface area contributed by atoms with Crippen LogP contribution in [0.25, 0.3) is 0 Å². The van der Waals surface area contributed by atoms with E-state index in [1.165, 1.54) is 0 Å². The molecule has 1 atom stereocenters. The summed E-state index contributed by atoms with van der Waals surface area (Å²) in [5.41, 5.74) is 0. The molecule has 0 amide bonds. The van der Waals surface area contributed by atoms with Gasteiger partial charge in [0.2, 0.25) is 9.76 Å². The normalized spacial score (nSPS) is 15.5. The molecule has 0 spiro atoms. The molecule has 0 heterocycles. The molecule has 0 aromatic rings. The van der Waals surface area contributed by atoms with Crippen molar-refractivity contribution in [3.63, 3.8) is 0 Å². The molecule has 0 aliphatic carbocycles. The Bertz CT molecular complexity index is 376. The third-order valence-electron chi connectivity index (χ3n) is 4.53. The minimum Gasteiger partial charge on any atom is -0.517 e. The number of rotatable bonds is 6. The molecule has 0 aliphatic heterocycles. The van der Waals surface area contributed by atoms with Crippen LogP contribution >= 0.6 is 0 Å². The first-order valence-corrected chi connectivity index (χ1v) is 12.1. The fourth-order valence-corrected chi connectivity index (χ4v) is 13.5. The van der Waals surface area contributed by atoms with Gasteiger partial charge in [-0.25, -0.2) is 0 Å². The van der Waals surface area contributed by atoms with Crippen molar-refractivity contribution in [3.05, 3.63) is 0 Å². The second-order valence-corrected chi connectivity index (χ2v) is 17.3. The predicted molar refractivity (Wildman–Crippen MR) is 107 cm³/mol. The summed E-state index contributed by atoms with van der Waals surface area (Å²) in [6, 6.07) is 0.736. The Morgan fingerprint density at radius 2 is 1.25 bits per heavy atom. The maximum atomic E-state index is 12.9. The number of hydrogen-bond donors (Lipinski definition) is 0. The van der Waals surface area contributed by atoms with Crippen molar-refractivity contribution in [3.8, 4) is 0 Å². The average molecular weight is 373 g/mol. The third kappa shape index (κ3) is 5.43. The van der Waals surface area contributed by atoms with Gasteiger partial charge in [0.15, 0.2) is 0 Å². The lowest BCUT2D eigenvalue weighted by Gasteiger charge is -2.57. The van der Waals surface area contributed by atoms with Gasteiger partial charge < -0.3 is 8.85 Å². The molecule has 0 bridgehead atoms. The van der Waals surface area contributed by atoms with E-state index in [0.717, 1.165) is 6.04 Å². The van der Waals surface area contributed by atoms with Crippen LogP contribution in [0.15, 0.2) is 0 Å².